The van der Waals surface area contributed by atoms with Crippen LogP contribution in [0.1, 0.15) is 0 Å². The Bertz CT molecular complexity index is 3140. The highest BCUT2D eigenvalue weighted by Crippen LogP contribution is 2.42. The number of rotatable bonds is 6. The van der Waals surface area contributed by atoms with E-state index in [1.54, 1.807) is 0 Å². The fourth-order valence-electron chi connectivity index (χ4n) is 8.13. The number of nitrogens with zero attached hydrogens (tertiary/aromatic N) is 6. The van der Waals surface area contributed by atoms with E-state index in [1.165, 1.54) is 10.8 Å². The van der Waals surface area contributed by atoms with Crippen LogP contribution in [0.3, 0.4) is 0 Å². The molecule has 0 bridgehead atoms. The Balaban J connectivity index is 1.24. The predicted molar refractivity (Wildman–Crippen MR) is 228 cm³/mol. The highest BCUT2D eigenvalue weighted by Gasteiger charge is 2.23. The van der Waals surface area contributed by atoms with Crippen molar-refractivity contribution in [3.05, 3.63) is 194 Å². The zero-order valence-corrected chi connectivity index (χ0v) is 30.2. The third-order valence-corrected chi connectivity index (χ3v) is 10.6. The highest BCUT2D eigenvalue weighted by atomic mass is 15.2. The number of hydrogen-bond donors (Lipinski definition) is 0. The van der Waals surface area contributed by atoms with Gasteiger partial charge in [-0.25, -0.2) is 9.97 Å². The molecule has 11 aromatic rings. The van der Waals surface area contributed by atoms with Gasteiger partial charge in [0.25, 0.3) is 0 Å². The van der Waals surface area contributed by atoms with Crippen molar-refractivity contribution in [2.24, 2.45) is 0 Å². The van der Waals surface area contributed by atoms with Crippen molar-refractivity contribution in [3.63, 3.8) is 0 Å². The largest absolute Gasteiger partial charge is 0.307 e. The number of hydrogen-bond acceptors (Lipinski definition) is 4. The van der Waals surface area contributed by atoms with Crippen LogP contribution in [0.4, 0.5) is 0 Å². The van der Waals surface area contributed by atoms with Gasteiger partial charge in [0.05, 0.1) is 44.8 Å². The normalized spacial score (nSPS) is 11.6. The summed E-state index contributed by atoms with van der Waals surface area (Å²) in [6, 6.07) is 63.4. The first-order valence-electron chi connectivity index (χ1n) is 18.7. The fourth-order valence-corrected chi connectivity index (χ4v) is 8.13. The molecular formula is C50H32N6. The summed E-state index contributed by atoms with van der Waals surface area (Å²) in [5, 5.41) is 4.64. The van der Waals surface area contributed by atoms with Crippen molar-refractivity contribution in [1.29, 1.82) is 0 Å². The summed E-state index contributed by atoms with van der Waals surface area (Å²) in [4.78, 5) is 20.2. The molecule has 0 fully saturated rings. The minimum atomic E-state index is 0.590. The molecule has 5 heterocycles. The van der Waals surface area contributed by atoms with E-state index in [1.807, 2.05) is 48.8 Å². The SMILES string of the molecule is c1ccc(-n2c3ccccc3c3ccc4c5ccccc5n(-c5nc(-c6cccc(-c7ccccn7)c6)cc(-c6cccc(-c7ccccn7)c6)n5)c4c32)cc1. The van der Waals surface area contributed by atoms with Crippen LogP contribution in [0.25, 0.3) is 100 Å². The number of aromatic nitrogens is 6. The second-order valence-corrected chi connectivity index (χ2v) is 13.9. The van der Waals surface area contributed by atoms with E-state index < -0.39 is 0 Å². The monoisotopic (exact) mass is 716 g/mol. The van der Waals surface area contributed by atoms with Gasteiger partial charge in [0.15, 0.2) is 0 Å². The Labute approximate surface area is 322 Å². The van der Waals surface area contributed by atoms with E-state index in [0.29, 0.717) is 5.95 Å². The van der Waals surface area contributed by atoms with Crippen LogP contribution in [-0.4, -0.2) is 29.1 Å². The van der Waals surface area contributed by atoms with Gasteiger partial charge in [0, 0.05) is 61.9 Å². The van der Waals surface area contributed by atoms with Gasteiger partial charge in [-0.1, -0.05) is 115 Å². The van der Waals surface area contributed by atoms with Gasteiger partial charge in [0.2, 0.25) is 5.95 Å². The van der Waals surface area contributed by atoms with Crippen molar-refractivity contribution in [3.8, 4) is 56.7 Å². The van der Waals surface area contributed by atoms with Crippen LogP contribution in [0.15, 0.2) is 194 Å². The maximum Gasteiger partial charge on any atom is 0.235 e. The molecule has 0 saturated carbocycles. The molecule has 0 aliphatic heterocycles. The van der Waals surface area contributed by atoms with Gasteiger partial charge in [-0.05, 0) is 66.7 Å². The van der Waals surface area contributed by atoms with Crippen LogP contribution in [-0.2, 0) is 0 Å². The molecule has 0 N–H and O–H groups in total. The standard InChI is InChI=1S/C50H32N6/c1-2-18-37(19-3-1)55-46-24-6-4-20-38(46)40-26-27-41-39-21-5-7-25-47(39)56(49(41)48(40)55)50-53-44(35-16-12-14-33(30-35)42-22-8-10-28-51-42)32-45(54-50)36-17-13-15-34(31-36)43-23-9-11-29-52-43/h1-32H. The van der Waals surface area contributed by atoms with Gasteiger partial charge in [-0.2, -0.15) is 0 Å². The Kier molecular flexibility index (Phi) is 7.38. The summed E-state index contributed by atoms with van der Waals surface area (Å²) in [5.74, 6) is 0.590. The number of pyridine rings is 2. The van der Waals surface area contributed by atoms with Crippen LogP contribution >= 0.6 is 0 Å². The maximum atomic E-state index is 5.46. The molecule has 6 aromatic carbocycles. The molecule has 0 atom stereocenters. The first-order chi connectivity index (χ1) is 27.8. The molecule has 0 aliphatic rings. The maximum absolute atomic E-state index is 5.46. The molecule has 56 heavy (non-hydrogen) atoms. The average molecular weight is 717 g/mol. The molecule has 11 rings (SSSR count). The second-order valence-electron chi connectivity index (χ2n) is 13.9. The Morgan fingerprint density at radius 3 is 1.32 bits per heavy atom. The first kappa shape index (κ1) is 31.8. The number of benzene rings is 6. The van der Waals surface area contributed by atoms with Crippen LogP contribution < -0.4 is 0 Å². The molecule has 0 saturated heterocycles. The molecule has 0 spiro atoms. The summed E-state index contributed by atoms with van der Waals surface area (Å²) in [7, 11) is 0. The molecule has 0 amide bonds. The lowest BCUT2D eigenvalue weighted by atomic mass is 10.0. The number of para-hydroxylation sites is 3. The molecule has 0 unspecified atom stereocenters. The molecule has 6 heteroatoms. The van der Waals surface area contributed by atoms with Crippen molar-refractivity contribution >= 4 is 43.6 Å². The van der Waals surface area contributed by atoms with Crippen LogP contribution in [0, 0.1) is 0 Å². The Morgan fingerprint density at radius 2 is 0.786 bits per heavy atom. The quantitative estimate of drug-likeness (QED) is 0.172. The molecule has 0 aliphatic carbocycles. The summed E-state index contributed by atoms with van der Waals surface area (Å²) in [6.45, 7) is 0. The van der Waals surface area contributed by atoms with E-state index in [9.17, 15) is 0 Å². The Hall–Kier alpha value is -7.70. The zero-order chi connectivity index (χ0) is 37.0. The van der Waals surface area contributed by atoms with Gasteiger partial charge in [-0.15, -0.1) is 0 Å². The lowest BCUT2D eigenvalue weighted by molar-refractivity contribution is 0.995. The average Bonchev–Trinajstić information content (AvgIpc) is 3.80. The highest BCUT2D eigenvalue weighted by molar-refractivity contribution is 6.23. The van der Waals surface area contributed by atoms with Gasteiger partial charge < -0.3 is 4.57 Å². The lowest BCUT2D eigenvalue weighted by Crippen LogP contribution is -2.05. The van der Waals surface area contributed by atoms with E-state index >= 15 is 0 Å². The minimum Gasteiger partial charge on any atom is -0.307 e. The summed E-state index contributed by atoms with van der Waals surface area (Å²) < 4.78 is 4.66. The first-order valence-corrected chi connectivity index (χ1v) is 18.7. The van der Waals surface area contributed by atoms with Gasteiger partial charge in [-0.3, -0.25) is 14.5 Å². The Morgan fingerprint density at radius 1 is 0.321 bits per heavy atom. The topological polar surface area (TPSA) is 61.4 Å². The van der Waals surface area contributed by atoms with Crippen molar-refractivity contribution in [2.45, 2.75) is 0 Å². The smallest absolute Gasteiger partial charge is 0.235 e. The predicted octanol–water partition coefficient (Wildman–Crippen LogP) is 12.1. The van der Waals surface area contributed by atoms with E-state index in [0.717, 1.165) is 83.6 Å². The molecule has 6 nitrogen and oxygen atoms in total. The molecule has 0 radical (unpaired) electrons. The van der Waals surface area contributed by atoms with Crippen LogP contribution in [0.2, 0.25) is 0 Å². The van der Waals surface area contributed by atoms with Crippen LogP contribution in [0.5, 0.6) is 0 Å². The summed E-state index contributed by atoms with van der Waals surface area (Å²) >= 11 is 0. The van der Waals surface area contributed by atoms with Crippen molar-refractivity contribution in [1.82, 2.24) is 29.1 Å². The van der Waals surface area contributed by atoms with E-state index in [-0.39, 0.29) is 0 Å². The summed E-state index contributed by atoms with van der Waals surface area (Å²) in [6.07, 6.45) is 3.66. The number of fused-ring (bicyclic) bond motifs is 7. The third-order valence-electron chi connectivity index (χ3n) is 10.6. The van der Waals surface area contributed by atoms with Crippen molar-refractivity contribution in [2.75, 3.05) is 0 Å². The molecular weight excluding hydrogens is 685 g/mol. The third kappa shape index (κ3) is 5.19. The van der Waals surface area contributed by atoms with E-state index in [2.05, 4.69) is 165 Å². The van der Waals surface area contributed by atoms with Gasteiger partial charge >= 0.3 is 0 Å². The zero-order valence-electron chi connectivity index (χ0n) is 30.2. The van der Waals surface area contributed by atoms with Gasteiger partial charge in [0.1, 0.15) is 0 Å². The molecule has 5 aromatic heterocycles. The lowest BCUT2D eigenvalue weighted by Gasteiger charge is -2.14. The van der Waals surface area contributed by atoms with Crippen molar-refractivity contribution < 1.29 is 0 Å². The fraction of sp³-hybridized carbons (Fsp3) is 0. The second kappa shape index (κ2) is 13.0. The van der Waals surface area contributed by atoms with E-state index in [4.69, 9.17) is 9.97 Å². The minimum absolute atomic E-state index is 0.590. The summed E-state index contributed by atoms with van der Waals surface area (Å²) in [5.41, 5.74) is 12.9. The molecule has 262 valence electrons.